The third-order valence-corrected chi connectivity index (χ3v) is 3.12. The summed E-state index contributed by atoms with van der Waals surface area (Å²) < 4.78 is 0.864. The van der Waals surface area contributed by atoms with Gasteiger partial charge in [-0.15, -0.1) is 0 Å². The van der Waals surface area contributed by atoms with Crippen LogP contribution in [0.4, 0.5) is 0 Å². The van der Waals surface area contributed by atoms with Gasteiger partial charge < -0.3 is 5.11 Å². The second-order valence-corrected chi connectivity index (χ2v) is 5.11. The average Bonchev–Trinajstić information content (AvgIpc) is 2.42. The smallest absolute Gasteiger partial charge is 0.278 e. The lowest BCUT2D eigenvalue weighted by Crippen LogP contribution is -2.23. The molecule has 5 heteroatoms. The average molecular weight is 369 g/mol. The molecule has 0 spiro atoms. The Balaban J connectivity index is 1.93. The highest BCUT2D eigenvalue weighted by molar-refractivity contribution is 14.1. The second kappa shape index (κ2) is 6.53. The van der Waals surface area contributed by atoms with Crippen LogP contribution in [0.15, 0.2) is 48.5 Å². The van der Waals surface area contributed by atoms with Crippen molar-refractivity contribution >= 4 is 28.5 Å². The molecule has 0 aromatic heterocycles. The van der Waals surface area contributed by atoms with Crippen molar-refractivity contribution in [3.8, 4) is 5.75 Å². The largest absolute Gasteiger partial charge is 0.507 e. The van der Waals surface area contributed by atoms with Crippen LogP contribution in [0.25, 0.3) is 0 Å². The van der Waals surface area contributed by atoms with Gasteiger partial charge in [0.1, 0.15) is 5.75 Å². The zero-order chi connectivity index (χ0) is 13.7. The number of carbonyl (C=O) groups excluding carboxylic acids is 1. The molecule has 0 radical (unpaired) electrons. The maximum absolute atomic E-state index is 11.8. The van der Waals surface area contributed by atoms with Gasteiger partial charge in [0.25, 0.3) is 5.91 Å². The molecule has 0 fully saturated rings. The summed E-state index contributed by atoms with van der Waals surface area (Å²) in [6.45, 7) is 0.275. The van der Waals surface area contributed by atoms with Crippen molar-refractivity contribution in [2.24, 2.45) is 0 Å². The van der Waals surface area contributed by atoms with Crippen LogP contribution in [0.5, 0.6) is 5.75 Å². The first-order chi connectivity index (χ1) is 9.16. The molecule has 0 heterocycles. The molecule has 2 aromatic carbocycles. The number of phenolic OH excluding ortho intramolecular Hbond substituents is 1. The Morgan fingerprint density at radius 2 is 1.95 bits per heavy atom. The third-order valence-electron chi connectivity index (χ3n) is 2.45. The lowest BCUT2D eigenvalue weighted by atomic mass is 10.2. The first kappa shape index (κ1) is 13.8. The lowest BCUT2D eigenvalue weighted by molar-refractivity contribution is 0.0231. The van der Waals surface area contributed by atoms with Gasteiger partial charge in [-0.25, -0.2) is 5.48 Å². The number of hydrogen-bond donors (Lipinski definition) is 2. The fraction of sp³-hybridized carbons (Fsp3) is 0.0714. The minimum absolute atomic E-state index is 0.0683. The summed E-state index contributed by atoms with van der Waals surface area (Å²) in [5, 5.41) is 9.60. The second-order valence-electron chi connectivity index (χ2n) is 3.87. The lowest BCUT2D eigenvalue weighted by Gasteiger charge is -2.07. The molecule has 0 bridgehead atoms. The summed E-state index contributed by atoms with van der Waals surface area (Å²) in [4.78, 5) is 16.9. The Kier molecular flexibility index (Phi) is 4.75. The number of phenols is 1. The summed E-state index contributed by atoms with van der Waals surface area (Å²) >= 11 is 2.07. The summed E-state index contributed by atoms with van der Waals surface area (Å²) in [6, 6.07) is 14.3. The minimum atomic E-state index is -0.466. The van der Waals surface area contributed by atoms with Crippen LogP contribution in [-0.4, -0.2) is 11.0 Å². The van der Waals surface area contributed by atoms with Gasteiger partial charge in [-0.2, -0.15) is 0 Å². The molecule has 4 nitrogen and oxygen atoms in total. The molecule has 0 unspecified atom stereocenters. The van der Waals surface area contributed by atoms with Crippen LogP contribution in [0.1, 0.15) is 15.9 Å². The Labute approximate surface area is 124 Å². The molecule has 0 aliphatic heterocycles. The molecule has 19 heavy (non-hydrogen) atoms. The Hall–Kier alpha value is -1.60. The number of benzene rings is 2. The van der Waals surface area contributed by atoms with E-state index in [0.717, 1.165) is 9.13 Å². The minimum Gasteiger partial charge on any atom is -0.507 e. The van der Waals surface area contributed by atoms with Crippen LogP contribution < -0.4 is 5.48 Å². The maximum Gasteiger partial charge on any atom is 0.278 e. The van der Waals surface area contributed by atoms with E-state index in [4.69, 9.17) is 4.84 Å². The highest BCUT2D eigenvalue weighted by Gasteiger charge is 2.11. The normalized spacial score (nSPS) is 10.2. The zero-order valence-electron chi connectivity index (χ0n) is 9.97. The molecule has 98 valence electrons. The molecule has 0 aliphatic rings. The summed E-state index contributed by atoms with van der Waals surface area (Å²) in [6.07, 6.45) is 0. The van der Waals surface area contributed by atoms with Crippen molar-refractivity contribution in [1.82, 2.24) is 5.48 Å². The monoisotopic (exact) mass is 369 g/mol. The molecule has 0 aliphatic carbocycles. The molecule has 1 amide bonds. The molecular formula is C14H12INO3. The van der Waals surface area contributed by atoms with Crippen molar-refractivity contribution in [1.29, 1.82) is 0 Å². The number of amides is 1. The van der Waals surface area contributed by atoms with E-state index >= 15 is 0 Å². The van der Waals surface area contributed by atoms with E-state index in [-0.39, 0.29) is 17.9 Å². The molecule has 0 saturated heterocycles. The van der Waals surface area contributed by atoms with Crippen molar-refractivity contribution in [2.75, 3.05) is 0 Å². The van der Waals surface area contributed by atoms with Crippen molar-refractivity contribution in [2.45, 2.75) is 6.61 Å². The van der Waals surface area contributed by atoms with Crippen molar-refractivity contribution in [3.05, 3.63) is 63.2 Å². The summed E-state index contributed by atoms with van der Waals surface area (Å²) in [5.74, 6) is -0.534. The van der Waals surface area contributed by atoms with Gasteiger partial charge in [-0.1, -0.05) is 30.3 Å². The van der Waals surface area contributed by atoms with E-state index < -0.39 is 5.91 Å². The van der Waals surface area contributed by atoms with Gasteiger partial charge in [0.2, 0.25) is 0 Å². The van der Waals surface area contributed by atoms with E-state index in [1.807, 2.05) is 30.3 Å². The highest BCUT2D eigenvalue weighted by Crippen LogP contribution is 2.19. The standard InChI is InChI=1S/C14H12INO3/c15-11-6-7-13(17)12(8-11)14(18)16-19-9-10-4-2-1-3-5-10/h1-8,17H,9H2,(H,16,18). The number of halogens is 1. The molecule has 0 atom stereocenters. The van der Waals surface area contributed by atoms with Crippen LogP contribution in [-0.2, 0) is 11.4 Å². The van der Waals surface area contributed by atoms with E-state index in [2.05, 4.69) is 28.1 Å². The number of hydroxylamine groups is 1. The Morgan fingerprint density at radius 3 is 2.68 bits per heavy atom. The quantitative estimate of drug-likeness (QED) is 0.644. The van der Waals surface area contributed by atoms with Crippen LogP contribution in [0.3, 0.4) is 0 Å². The Morgan fingerprint density at radius 1 is 1.21 bits per heavy atom. The van der Waals surface area contributed by atoms with Crippen LogP contribution in [0, 0.1) is 3.57 Å². The van der Waals surface area contributed by atoms with Gasteiger partial charge in [0, 0.05) is 3.57 Å². The van der Waals surface area contributed by atoms with Crippen molar-refractivity contribution in [3.63, 3.8) is 0 Å². The van der Waals surface area contributed by atoms with Crippen molar-refractivity contribution < 1.29 is 14.7 Å². The fourth-order valence-electron chi connectivity index (χ4n) is 1.50. The number of aromatic hydroxyl groups is 1. The fourth-order valence-corrected chi connectivity index (χ4v) is 2.00. The number of nitrogens with one attached hydrogen (secondary N) is 1. The number of hydrogen-bond acceptors (Lipinski definition) is 3. The van der Waals surface area contributed by atoms with Crippen LogP contribution in [0.2, 0.25) is 0 Å². The van der Waals surface area contributed by atoms with Gasteiger partial charge in [-0.05, 0) is 46.4 Å². The maximum atomic E-state index is 11.8. The van der Waals surface area contributed by atoms with Gasteiger partial charge >= 0.3 is 0 Å². The zero-order valence-corrected chi connectivity index (χ0v) is 12.1. The molecule has 2 N–H and O–H groups in total. The number of rotatable bonds is 4. The van der Waals surface area contributed by atoms with Crippen LogP contribution >= 0.6 is 22.6 Å². The molecule has 2 aromatic rings. The van der Waals surface area contributed by atoms with Gasteiger partial charge in [0.05, 0.1) is 12.2 Å². The van der Waals surface area contributed by atoms with E-state index in [9.17, 15) is 9.90 Å². The SMILES string of the molecule is O=C(NOCc1ccccc1)c1cc(I)ccc1O. The van der Waals surface area contributed by atoms with E-state index in [1.54, 1.807) is 12.1 Å². The predicted octanol–water partition coefficient (Wildman–Crippen LogP) is 2.86. The molecule has 0 saturated carbocycles. The summed E-state index contributed by atoms with van der Waals surface area (Å²) in [7, 11) is 0. The first-order valence-electron chi connectivity index (χ1n) is 5.61. The molecule has 2 rings (SSSR count). The van der Waals surface area contributed by atoms with E-state index in [0.29, 0.717) is 0 Å². The topological polar surface area (TPSA) is 58.6 Å². The highest BCUT2D eigenvalue weighted by atomic mass is 127. The first-order valence-corrected chi connectivity index (χ1v) is 6.69. The number of carbonyl (C=O) groups is 1. The predicted molar refractivity (Wildman–Crippen MR) is 79.5 cm³/mol. The Bertz CT molecular complexity index is 572. The van der Waals surface area contributed by atoms with E-state index in [1.165, 1.54) is 6.07 Å². The summed E-state index contributed by atoms with van der Waals surface area (Å²) in [5.41, 5.74) is 3.46. The molecular weight excluding hydrogens is 357 g/mol. The van der Waals surface area contributed by atoms with Gasteiger partial charge in [0.15, 0.2) is 0 Å². The van der Waals surface area contributed by atoms with Gasteiger partial charge in [-0.3, -0.25) is 9.63 Å². The third kappa shape index (κ3) is 3.93.